The third-order valence-corrected chi connectivity index (χ3v) is 6.24. The van der Waals surface area contributed by atoms with Crippen molar-refractivity contribution in [1.82, 2.24) is 15.5 Å². The molecule has 2 amide bonds. The summed E-state index contributed by atoms with van der Waals surface area (Å²) in [5.74, 6) is -1.80. The molecule has 10 heteroatoms. The fraction of sp³-hybridized carbons (Fsp3) is 0.643. The summed E-state index contributed by atoms with van der Waals surface area (Å²) in [4.78, 5) is 51.4. The number of carboxylic acid groups (broad SMARTS) is 1. The topological polar surface area (TPSA) is 134 Å². The molecule has 0 saturated carbocycles. The van der Waals surface area contributed by atoms with Crippen LogP contribution in [0.5, 0.6) is 0 Å². The fourth-order valence-corrected chi connectivity index (χ4v) is 4.45. The molecular formula is C28H43N3O7. The van der Waals surface area contributed by atoms with E-state index < -0.39 is 41.8 Å². The molecule has 3 atom stereocenters. The third-order valence-electron chi connectivity index (χ3n) is 6.24. The van der Waals surface area contributed by atoms with Gasteiger partial charge in [-0.05, 0) is 78.2 Å². The first-order valence-electron chi connectivity index (χ1n) is 13.5. The number of likely N-dealkylation sites (tertiary alicyclic amines) is 1. The zero-order valence-electron chi connectivity index (χ0n) is 23.0. The number of rotatable bonds is 14. The van der Waals surface area contributed by atoms with Crippen LogP contribution in [-0.4, -0.2) is 77.4 Å². The number of carboxylic acids is 1. The molecule has 1 saturated heterocycles. The minimum Gasteiger partial charge on any atom is -0.480 e. The van der Waals surface area contributed by atoms with Gasteiger partial charge in [0.1, 0.15) is 17.7 Å². The van der Waals surface area contributed by atoms with Gasteiger partial charge >= 0.3 is 18.0 Å². The lowest BCUT2D eigenvalue weighted by molar-refractivity contribution is -0.150. The molecule has 212 valence electrons. The van der Waals surface area contributed by atoms with Crippen LogP contribution < -0.4 is 10.6 Å². The molecule has 0 spiro atoms. The Labute approximate surface area is 225 Å². The third kappa shape index (κ3) is 10.7. The Bertz CT molecular complexity index is 917. The number of carbonyl (C=O) groups is 4. The first kappa shape index (κ1) is 31.1. The van der Waals surface area contributed by atoms with E-state index in [2.05, 4.69) is 10.6 Å². The lowest BCUT2D eigenvalue weighted by Crippen LogP contribution is -2.54. The molecule has 1 aliphatic heterocycles. The molecule has 0 radical (unpaired) electrons. The minimum atomic E-state index is -1.03. The van der Waals surface area contributed by atoms with Crippen molar-refractivity contribution in [3.05, 3.63) is 35.9 Å². The van der Waals surface area contributed by atoms with E-state index >= 15 is 0 Å². The second-order valence-corrected chi connectivity index (χ2v) is 10.5. The van der Waals surface area contributed by atoms with Crippen molar-refractivity contribution < 1.29 is 33.8 Å². The van der Waals surface area contributed by atoms with Gasteiger partial charge in [0.25, 0.3) is 0 Å². The summed E-state index contributed by atoms with van der Waals surface area (Å²) >= 11 is 0. The van der Waals surface area contributed by atoms with Gasteiger partial charge < -0.3 is 24.8 Å². The Kier molecular flexibility index (Phi) is 12.5. The number of hydrogen-bond donors (Lipinski definition) is 3. The van der Waals surface area contributed by atoms with E-state index in [1.807, 2.05) is 30.3 Å². The Morgan fingerprint density at radius 2 is 1.79 bits per heavy atom. The molecule has 1 heterocycles. The van der Waals surface area contributed by atoms with E-state index in [4.69, 9.17) is 9.47 Å². The van der Waals surface area contributed by atoms with Crippen molar-refractivity contribution in [3.8, 4) is 0 Å². The molecule has 0 unspecified atom stereocenters. The molecular weight excluding hydrogens is 490 g/mol. The Hall–Kier alpha value is -3.14. The molecule has 1 aromatic carbocycles. The van der Waals surface area contributed by atoms with Crippen molar-refractivity contribution >= 4 is 23.9 Å². The maximum Gasteiger partial charge on any atom is 0.407 e. The first-order chi connectivity index (χ1) is 18.0. The molecule has 0 bridgehead atoms. The van der Waals surface area contributed by atoms with Gasteiger partial charge in [0.2, 0.25) is 5.91 Å². The number of unbranched alkanes of at least 4 members (excludes halogenated alkanes) is 1. The van der Waals surface area contributed by atoms with E-state index in [-0.39, 0.29) is 12.5 Å². The van der Waals surface area contributed by atoms with Crippen LogP contribution in [-0.2, 0) is 30.3 Å². The van der Waals surface area contributed by atoms with Gasteiger partial charge in [-0.1, -0.05) is 30.3 Å². The van der Waals surface area contributed by atoms with Crippen molar-refractivity contribution in [3.63, 3.8) is 0 Å². The molecule has 38 heavy (non-hydrogen) atoms. The number of aliphatic carboxylic acids is 1. The van der Waals surface area contributed by atoms with E-state index in [9.17, 15) is 24.3 Å². The molecule has 3 N–H and O–H groups in total. The highest BCUT2D eigenvalue weighted by Gasteiger charge is 2.38. The number of carbonyl (C=O) groups excluding carboxylic acids is 3. The number of alkyl carbamates (subject to hydrolysis) is 1. The summed E-state index contributed by atoms with van der Waals surface area (Å²) in [6, 6.07) is 7.38. The van der Waals surface area contributed by atoms with E-state index in [1.165, 1.54) is 4.90 Å². The van der Waals surface area contributed by atoms with Crippen molar-refractivity contribution in [1.29, 1.82) is 0 Å². The Balaban J connectivity index is 2.08. The van der Waals surface area contributed by atoms with Crippen LogP contribution >= 0.6 is 0 Å². The SMILES string of the molecule is CCOC(=O)[C@H](CCc1ccccc1)N[C@@H](CCCCNC(=O)OC(C)(C)C)C(=O)N1CCC[C@H]1C(=O)O. The molecule has 0 aliphatic carbocycles. The molecule has 2 rings (SSSR count). The number of hydrogen-bond acceptors (Lipinski definition) is 7. The van der Waals surface area contributed by atoms with E-state index in [0.717, 1.165) is 5.56 Å². The normalized spacial score (nSPS) is 16.9. The van der Waals surface area contributed by atoms with Gasteiger partial charge in [-0.2, -0.15) is 0 Å². The summed E-state index contributed by atoms with van der Waals surface area (Å²) in [7, 11) is 0. The number of ether oxygens (including phenoxy) is 2. The molecule has 0 aromatic heterocycles. The van der Waals surface area contributed by atoms with Crippen LogP contribution in [0.4, 0.5) is 4.79 Å². The second kappa shape index (κ2) is 15.3. The fourth-order valence-electron chi connectivity index (χ4n) is 4.45. The van der Waals surface area contributed by atoms with Crippen LogP contribution in [0.1, 0.15) is 71.8 Å². The monoisotopic (exact) mass is 533 g/mol. The van der Waals surface area contributed by atoms with Crippen LogP contribution in [0.25, 0.3) is 0 Å². The van der Waals surface area contributed by atoms with Gasteiger partial charge in [0.15, 0.2) is 0 Å². The van der Waals surface area contributed by atoms with Crippen molar-refractivity contribution in [2.24, 2.45) is 0 Å². The molecule has 1 fully saturated rings. The van der Waals surface area contributed by atoms with E-state index in [0.29, 0.717) is 58.0 Å². The van der Waals surface area contributed by atoms with Crippen molar-refractivity contribution in [2.75, 3.05) is 19.7 Å². The quantitative estimate of drug-likeness (QED) is 0.245. The summed E-state index contributed by atoms with van der Waals surface area (Å²) in [6.07, 6.45) is 3.08. The number of nitrogens with zero attached hydrogens (tertiary/aromatic N) is 1. The van der Waals surface area contributed by atoms with Crippen LogP contribution in [0.15, 0.2) is 30.3 Å². The minimum absolute atomic E-state index is 0.213. The zero-order valence-corrected chi connectivity index (χ0v) is 23.0. The highest BCUT2D eigenvalue weighted by Crippen LogP contribution is 2.21. The van der Waals surface area contributed by atoms with Gasteiger partial charge in [-0.3, -0.25) is 14.9 Å². The molecule has 1 aromatic rings. The lowest BCUT2D eigenvalue weighted by Gasteiger charge is -2.30. The first-order valence-corrected chi connectivity index (χ1v) is 13.5. The highest BCUT2D eigenvalue weighted by atomic mass is 16.6. The van der Waals surface area contributed by atoms with Gasteiger partial charge in [0.05, 0.1) is 12.6 Å². The smallest absolute Gasteiger partial charge is 0.407 e. The maximum atomic E-state index is 13.5. The van der Waals surface area contributed by atoms with Crippen LogP contribution in [0.2, 0.25) is 0 Å². The number of nitrogens with one attached hydrogen (secondary N) is 2. The summed E-state index contributed by atoms with van der Waals surface area (Å²) in [5.41, 5.74) is 0.467. The van der Waals surface area contributed by atoms with Crippen LogP contribution in [0.3, 0.4) is 0 Å². The molecule has 1 aliphatic rings. The summed E-state index contributed by atoms with van der Waals surface area (Å²) in [6.45, 7) is 8.03. The predicted molar refractivity (Wildman–Crippen MR) is 143 cm³/mol. The number of esters is 1. The summed E-state index contributed by atoms with van der Waals surface area (Å²) in [5, 5.41) is 15.5. The Morgan fingerprint density at radius 3 is 2.42 bits per heavy atom. The number of aryl methyl sites for hydroxylation is 1. The average molecular weight is 534 g/mol. The van der Waals surface area contributed by atoms with Gasteiger partial charge in [0, 0.05) is 13.1 Å². The van der Waals surface area contributed by atoms with Gasteiger partial charge in [-0.15, -0.1) is 0 Å². The largest absolute Gasteiger partial charge is 0.480 e. The van der Waals surface area contributed by atoms with E-state index in [1.54, 1.807) is 27.7 Å². The predicted octanol–water partition coefficient (Wildman–Crippen LogP) is 3.28. The Morgan fingerprint density at radius 1 is 1.08 bits per heavy atom. The second-order valence-electron chi connectivity index (χ2n) is 10.5. The van der Waals surface area contributed by atoms with Gasteiger partial charge in [-0.25, -0.2) is 9.59 Å². The summed E-state index contributed by atoms with van der Waals surface area (Å²) < 4.78 is 10.5. The average Bonchev–Trinajstić information content (AvgIpc) is 3.35. The number of benzene rings is 1. The lowest BCUT2D eigenvalue weighted by atomic mass is 10.0. The van der Waals surface area contributed by atoms with Crippen LogP contribution in [0, 0.1) is 0 Å². The maximum absolute atomic E-state index is 13.5. The standard InChI is InChI=1S/C28H43N3O7/c1-5-37-26(35)22(17-16-20-12-7-6-8-13-20)30-21(24(32)31-19-11-15-23(31)25(33)34)14-9-10-18-29-27(36)38-28(2,3)4/h6-8,12-13,21-23,30H,5,9-11,14-19H2,1-4H3,(H,29,36)(H,33,34)/t21-,22-,23-/m0/s1. The zero-order chi connectivity index (χ0) is 28.1. The van der Waals surface area contributed by atoms with Crippen molar-refractivity contribution in [2.45, 2.75) is 96.4 Å². The number of amides is 2. The highest BCUT2D eigenvalue weighted by molar-refractivity contribution is 5.88. The molecule has 10 nitrogen and oxygen atoms in total.